The van der Waals surface area contributed by atoms with Crippen LogP contribution in [0.5, 0.6) is 0 Å². The van der Waals surface area contributed by atoms with E-state index in [1.54, 1.807) is 0 Å². The molecule has 2 fully saturated rings. The van der Waals surface area contributed by atoms with E-state index in [4.69, 9.17) is 0 Å². The van der Waals surface area contributed by atoms with Crippen LogP contribution in [0.4, 0.5) is 0 Å². The van der Waals surface area contributed by atoms with Crippen molar-refractivity contribution in [3.8, 4) is 0 Å². The van der Waals surface area contributed by atoms with E-state index in [1.165, 1.54) is 32.1 Å². The summed E-state index contributed by atoms with van der Waals surface area (Å²) in [5, 5.41) is 0. The zero-order chi connectivity index (χ0) is 12.3. The van der Waals surface area contributed by atoms with Crippen LogP contribution in [-0.2, 0) is 4.79 Å². The normalized spacial score (nSPS) is 29.4. The Hall–Kier alpha value is -0.180. The van der Waals surface area contributed by atoms with Crippen molar-refractivity contribution in [3.63, 3.8) is 0 Å². The van der Waals surface area contributed by atoms with E-state index in [9.17, 15) is 4.79 Å². The molecule has 0 spiro atoms. The highest BCUT2D eigenvalue weighted by molar-refractivity contribution is 7.80. The van der Waals surface area contributed by atoms with Crippen LogP contribution in [0.25, 0.3) is 0 Å². The summed E-state index contributed by atoms with van der Waals surface area (Å²) in [5.74, 6) is 2.02. The highest BCUT2D eigenvalue weighted by Gasteiger charge is 2.36. The van der Waals surface area contributed by atoms with Crippen molar-refractivity contribution in [2.75, 3.05) is 18.8 Å². The molecule has 1 saturated heterocycles. The Balaban J connectivity index is 1.98. The van der Waals surface area contributed by atoms with Gasteiger partial charge in [0.05, 0.1) is 0 Å². The average molecular weight is 255 g/mol. The standard InChI is InChI=1S/C14H25NOS/c1-12-4-5-13(16)15(9-6-12)10-14(11-17)7-2-3-8-14/h12,17H,2-11H2,1H3. The van der Waals surface area contributed by atoms with Crippen LogP contribution in [0.2, 0.25) is 0 Å². The summed E-state index contributed by atoms with van der Waals surface area (Å²) in [5.41, 5.74) is 0.326. The van der Waals surface area contributed by atoms with Crippen LogP contribution in [0.15, 0.2) is 0 Å². The molecule has 17 heavy (non-hydrogen) atoms. The second kappa shape index (κ2) is 5.64. The maximum atomic E-state index is 12.1. The van der Waals surface area contributed by atoms with Gasteiger partial charge < -0.3 is 4.90 Å². The van der Waals surface area contributed by atoms with Crippen LogP contribution in [0.3, 0.4) is 0 Å². The quantitative estimate of drug-likeness (QED) is 0.768. The number of amides is 1. The van der Waals surface area contributed by atoms with Crippen LogP contribution < -0.4 is 0 Å². The van der Waals surface area contributed by atoms with E-state index in [1.807, 2.05) is 0 Å². The molecule has 0 aromatic rings. The summed E-state index contributed by atoms with van der Waals surface area (Å²) in [6.07, 6.45) is 8.16. The van der Waals surface area contributed by atoms with Gasteiger partial charge in [-0.15, -0.1) is 0 Å². The Bertz CT molecular complexity index is 273. The van der Waals surface area contributed by atoms with Gasteiger partial charge in [-0.2, -0.15) is 12.6 Å². The maximum absolute atomic E-state index is 12.1. The molecule has 98 valence electrons. The molecule has 1 saturated carbocycles. The second-order valence-electron chi connectivity index (χ2n) is 6.11. The third-order valence-corrected chi connectivity index (χ3v) is 5.29. The second-order valence-corrected chi connectivity index (χ2v) is 6.43. The van der Waals surface area contributed by atoms with Gasteiger partial charge in [0.25, 0.3) is 0 Å². The molecular formula is C14H25NOS. The molecule has 1 aliphatic carbocycles. The van der Waals surface area contributed by atoms with Crippen molar-refractivity contribution in [3.05, 3.63) is 0 Å². The molecule has 3 heteroatoms. The first-order chi connectivity index (χ1) is 8.15. The van der Waals surface area contributed by atoms with Crippen molar-refractivity contribution < 1.29 is 4.79 Å². The minimum atomic E-state index is 0.326. The topological polar surface area (TPSA) is 20.3 Å². The van der Waals surface area contributed by atoms with E-state index in [0.717, 1.165) is 31.7 Å². The summed E-state index contributed by atoms with van der Waals surface area (Å²) in [6, 6.07) is 0. The van der Waals surface area contributed by atoms with Gasteiger partial charge in [0.2, 0.25) is 5.91 Å². The highest BCUT2D eigenvalue weighted by atomic mass is 32.1. The van der Waals surface area contributed by atoms with Gasteiger partial charge in [-0.3, -0.25) is 4.79 Å². The van der Waals surface area contributed by atoms with Gasteiger partial charge in [-0.1, -0.05) is 19.8 Å². The lowest BCUT2D eigenvalue weighted by Crippen LogP contribution is -2.41. The zero-order valence-electron chi connectivity index (χ0n) is 11.0. The van der Waals surface area contributed by atoms with Crippen molar-refractivity contribution in [2.24, 2.45) is 11.3 Å². The summed E-state index contributed by atoms with van der Waals surface area (Å²) in [4.78, 5) is 14.2. The van der Waals surface area contributed by atoms with Gasteiger partial charge in [0, 0.05) is 19.5 Å². The largest absolute Gasteiger partial charge is 0.342 e. The number of likely N-dealkylation sites (tertiary alicyclic amines) is 1. The molecule has 1 heterocycles. The van der Waals surface area contributed by atoms with Gasteiger partial charge in [0.1, 0.15) is 0 Å². The number of carbonyl (C=O) groups is 1. The molecular weight excluding hydrogens is 230 g/mol. The first kappa shape index (κ1) is 13.3. The SMILES string of the molecule is CC1CCC(=O)N(CC2(CS)CCCC2)CC1. The molecule has 1 aliphatic heterocycles. The van der Waals surface area contributed by atoms with Crippen LogP contribution in [-0.4, -0.2) is 29.6 Å². The Morgan fingerprint density at radius 2 is 2.06 bits per heavy atom. The molecule has 2 rings (SSSR count). The Morgan fingerprint density at radius 1 is 1.35 bits per heavy atom. The van der Waals surface area contributed by atoms with E-state index >= 15 is 0 Å². The molecule has 1 unspecified atom stereocenters. The molecule has 0 N–H and O–H groups in total. The number of carbonyl (C=O) groups excluding carboxylic acids is 1. The third-order valence-electron chi connectivity index (χ3n) is 4.62. The first-order valence-electron chi connectivity index (χ1n) is 7.04. The van der Waals surface area contributed by atoms with Crippen LogP contribution in [0, 0.1) is 11.3 Å². The fourth-order valence-electron chi connectivity index (χ4n) is 3.24. The van der Waals surface area contributed by atoms with Gasteiger partial charge in [-0.05, 0) is 42.8 Å². The van der Waals surface area contributed by atoms with Gasteiger partial charge in [-0.25, -0.2) is 0 Å². The van der Waals surface area contributed by atoms with Crippen molar-refractivity contribution in [1.82, 2.24) is 4.90 Å². The van der Waals surface area contributed by atoms with E-state index in [0.29, 0.717) is 17.2 Å². The van der Waals surface area contributed by atoms with E-state index in [2.05, 4.69) is 24.5 Å². The molecule has 0 radical (unpaired) electrons. The van der Waals surface area contributed by atoms with Crippen molar-refractivity contribution >= 4 is 18.5 Å². The first-order valence-corrected chi connectivity index (χ1v) is 7.67. The van der Waals surface area contributed by atoms with Crippen LogP contribution in [0.1, 0.15) is 51.9 Å². The molecule has 1 amide bonds. The minimum Gasteiger partial charge on any atom is -0.342 e. The van der Waals surface area contributed by atoms with E-state index < -0.39 is 0 Å². The summed E-state index contributed by atoms with van der Waals surface area (Å²) in [6.45, 7) is 4.19. The predicted molar refractivity (Wildman–Crippen MR) is 74.3 cm³/mol. The lowest BCUT2D eigenvalue weighted by molar-refractivity contribution is -0.132. The lowest BCUT2D eigenvalue weighted by Gasteiger charge is -2.34. The Kier molecular flexibility index (Phi) is 4.40. The number of thiol groups is 1. The molecule has 2 nitrogen and oxygen atoms in total. The van der Waals surface area contributed by atoms with E-state index in [-0.39, 0.29) is 0 Å². The fraction of sp³-hybridized carbons (Fsp3) is 0.929. The third kappa shape index (κ3) is 3.18. The molecule has 0 aromatic heterocycles. The monoisotopic (exact) mass is 255 g/mol. The van der Waals surface area contributed by atoms with Gasteiger partial charge in [0.15, 0.2) is 0 Å². The minimum absolute atomic E-state index is 0.326. The average Bonchev–Trinajstić information content (AvgIpc) is 2.74. The predicted octanol–water partition coefficient (Wildman–Crippen LogP) is 3.13. The molecule has 0 bridgehead atoms. The van der Waals surface area contributed by atoms with Crippen molar-refractivity contribution in [2.45, 2.75) is 51.9 Å². The molecule has 0 aromatic carbocycles. The van der Waals surface area contributed by atoms with Gasteiger partial charge >= 0.3 is 0 Å². The Labute approximate surface area is 111 Å². The molecule has 2 aliphatic rings. The summed E-state index contributed by atoms with van der Waals surface area (Å²) >= 11 is 4.54. The number of hydrogen-bond donors (Lipinski definition) is 1. The Morgan fingerprint density at radius 3 is 2.71 bits per heavy atom. The smallest absolute Gasteiger partial charge is 0.222 e. The zero-order valence-corrected chi connectivity index (χ0v) is 11.8. The van der Waals surface area contributed by atoms with Crippen molar-refractivity contribution in [1.29, 1.82) is 0 Å². The lowest BCUT2D eigenvalue weighted by atomic mass is 9.87. The maximum Gasteiger partial charge on any atom is 0.222 e. The number of hydrogen-bond acceptors (Lipinski definition) is 2. The number of rotatable bonds is 3. The summed E-state index contributed by atoms with van der Waals surface area (Å²) < 4.78 is 0. The van der Waals surface area contributed by atoms with Crippen LogP contribution >= 0.6 is 12.6 Å². The highest BCUT2D eigenvalue weighted by Crippen LogP contribution is 2.40. The number of nitrogens with zero attached hydrogens (tertiary/aromatic N) is 1. The summed E-state index contributed by atoms with van der Waals surface area (Å²) in [7, 11) is 0. The fourth-order valence-corrected chi connectivity index (χ4v) is 3.65. The molecule has 1 atom stereocenters.